The van der Waals surface area contributed by atoms with Crippen LogP contribution in [-0.2, 0) is 12.4 Å². The highest BCUT2D eigenvalue weighted by Gasteiger charge is 2.33. The van der Waals surface area contributed by atoms with Gasteiger partial charge in [-0.2, -0.15) is 26.3 Å². The summed E-state index contributed by atoms with van der Waals surface area (Å²) in [6.07, 6.45) is -8.86. The first-order chi connectivity index (χ1) is 22.6. The third kappa shape index (κ3) is 6.99. The summed E-state index contributed by atoms with van der Waals surface area (Å²) in [6.45, 7) is 0. The number of alkyl halides is 6. The highest BCUT2D eigenvalue weighted by atomic mass is 32.1. The Labute approximate surface area is 275 Å². The van der Waals surface area contributed by atoms with E-state index in [1.165, 1.54) is 77.3 Å². The fourth-order valence-electron chi connectivity index (χ4n) is 4.86. The van der Waals surface area contributed by atoms with E-state index in [1.54, 1.807) is 24.3 Å². The molecule has 244 valence electrons. The van der Waals surface area contributed by atoms with Crippen molar-refractivity contribution in [3.8, 4) is 55.3 Å². The van der Waals surface area contributed by atoms with Crippen molar-refractivity contribution in [2.45, 2.75) is 12.4 Å². The number of nitrogens with zero attached hydrogens (tertiary/aromatic N) is 2. The Hall–Kier alpha value is -5.34. The van der Waals surface area contributed by atoms with Gasteiger partial charge in [0.15, 0.2) is 0 Å². The minimum atomic E-state index is -4.45. The van der Waals surface area contributed by atoms with Gasteiger partial charge in [0.2, 0.25) is 0 Å². The maximum atomic E-state index is 13.3. The van der Waals surface area contributed by atoms with Crippen LogP contribution in [0.5, 0.6) is 23.0 Å². The van der Waals surface area contributed by atoms with Crippen molar-refractivity contribution in [1.29, 1.82) is 0 Å². The van der Waals surface area contributed by atoms with Crippen molar-refractivity contribution in [2.24, 2.45) is 0 Å². The average Bonchev–Trinajstić information content (AvgIpc) is 3.64. The van der Waals surface area contributed by atoms with Crippen molar-refractivity contribution in [2.75, 3.05) is 0 Å². The summed E-state index contributed by atoms with van der Waals surface area (Å²) in [6, 6.07) is 21.8. The van der Waals surface area contributed by atoms with Gasteiger partial charge in [-0.25, -0.2) is 9.97 Å². The lowest BCUT2D eigenvalue weighted by atomic mass is 9.99. The highest BCUT2D eigenvalue weighted by molar-refractivity contribution is 7.22. The Morgan fingerprint density at radius 2 is 0.958 bits per heavy atom. The molecule has 0 aliphatic rings. The summed E-state index contributed by atoms with van der Waals surface area (Å²) in [5.41, 5.74) is 0.818. The van der Waals surface area contributed by atoms with Crippen LogP contribution in [0.3, 0.4) is 0 Å². The van der Waals surface area contributed by atoms with Crippen LogP contribution in [0, 0.1) is 0 Å². The second kappa shape index (κ2) is 12.4. The molecule has 4 N–H and O–H groups in total. The van der Waals surface area contributed by atoms with Crippen molar-refractivity contribution < 1.29 is 46.8 Å². The number of phenols is 4. The Bertz CT molecular complexity index is 2260. The van der Waals surface area contributed by atoms with Crippen molar-refractivity contribution in [3.63, 3.8) is 0 Å². The molecule has 0 aliphatic heterocycles. The van der Waals surface area contributed by atoms with E-state index in [2.05, 4.69) is 9.97 Å². The van der Waals surface area contributed by atoms with Gasteiger partial charge in [-0.3, -0.25) is 0 Å². The number of benzene rings is 5. The maximum Gasteiger partial charge on any atom is 0.417 e. The highest BCUT2D eigenvalue weighted by Crippen LogP contribution is 2.40. The lowest BCUT2D eigenvalue weighted by Gasteiger charge is -2.12. The van der Waals surface area contributed by atoms with Crippen LogP contribution in [0.15, 0.2) is 97.1 Å². The van der Waals surface area contributed by atoms with Crippen LogP contribution < -0.4 is 0 Å². The standard InChI is InChI=1S/C20H12F3NO2S.C14H8F3NO2S/c21-20(22,23)16-4-2-1-3-15(16)11-5-6-18-17(9-11)24-19(27-18)12-7-13(25)10-14(26)8-12;15-14(16,17)8-1-2-12-11(5-8)18-13(21-12)7-3-9(19)6-10(20)4-7/h1-10,25-26H;1-6,19-20H. The molecule has 0 aliphatic carbocycles. The monoisotopic (exact) mass is 698 g/mol. The molecule has 0 saturated carbocycles. The first-order valence-electron chi connectivity index (χ1n) is 13.8. The summed E-state index contributed by atoms with van der Waals surface area (Å²) < 4.78 is 79.2. The molecule has 0 spiro atoms. The molecule has 7 rings (SSSR count). The van der Waals surface area contributed by atoms with Crippen molar-refractivity contribution in [1.82, 2.24) is 9.97 Å². The van der Waals surface area contributed by atoms with E-state index in [9.17, 15) is 46.8 Å². The summed E-state index contributed by atoms with van der Waals surface area (Å²) in [5.74, 6) is -0.464. The second-order valence-electron chi connectivity index (χ2n) is 10.4. The average molecular weight is 699 g/mol. The van der Waals surface area contributed by atoms with Gasteiger partial charge in [-0.05, 0) is 71.8 Å². The van der Waals surface area contributed by atoms with Crippen LogP contribution in [0.1, 0.15) is 11.1 Å². The van der Waals surface area contributed by atoms with Gasteiger partial charge in [0.05, 0.1) is 31.6 Å². The topological polar surface area (TPSA) is 107 Å². The number of fused-ring (bicyclic) bond motifs is 2. The lowest BCUT2D eigenvalue weighted by molar-refractivity contribution is -0.138. The van der Waals surface area contributed by atoms with Crippen LogP contribution in [-0.4, -0.2) is 30.4 Å². The molecule has 0 saturated heterocycles. The molecule has 7 aromatic rings. The van der Waals surface area contributed by atoms with Crippen molar-refractivity contribution in [3.05, 3.63) is 108 Å². The molecule has 6 nitrogen and oxygen atoms in total. The predicted octanol–water partition coefficient (Wildman–Crippen LogP) is 10.5. The molecule has 0 atom stereocenters. The van der Waals surface area contributed by atoms with Crippen LogP contribution in [0.2, 0.25) is 0 Å². The van der Waals surface area contributed by atoms with Gasteiger partial charge in [-0.15, -0.1) is 22.7 Å². The van der Waals surface area contributed by atoms with Crippen molar-refractivity contribution >= 4 is 43.1 Å². The molecule has 2 heterocycles. The zero-order chi connectivity index (χ0) is 34.4. The fraction of sp³-hybridized carbons (Fsp3) is 0.0588. The minimum Gasteiger partial charge on any atom is -0.508 e. The molecule has 5 aromatic carbocycles. The number of phenolic OH excluding ortho intramolecular Hbond substituents is 4. The number of rotatable bonds is 3. The molecule has 0 fully saturated rings. The molecular weight excluding hydrogens is 679 g/mol. The molecule has 0 radical (unpaired) electrons. The molecule has 0 unspecified atom stereocenters. The SMILES string of the molecule is Oc1cc(O)cc(-c2nc3cc(-c4ccccc4C(F)(F)F)ccc3s2)c1.Oc1cc(O)cc(-c2nc3cc(C(F)(F)F)ccc3s2)c1. The number of halogens is 6. The largest absolute Gasteiger partial charge is 0.508 e. The van der Waals surface area contributed by atoms with Gasteiger partial charge >= 0.3 is 12.4 Å². The van der Waals surface area contributed by atoms with E-state index in [0.717, 1.165) is 22.9 Å². The smallest absolute Gasteiger partial charge is 0.417 e. The van der Waals surface area contributed by atoms with E-state index in [-0.39, 0.29) is 34.1 Å². The van der Waals surface area contributed by atoms with Gasteiger partial charge in [-0.1, -0.05) is 24.3 Å². The number of aromatic hydroxyl groups is 4. The van der Waals surface area contributed by atoms with Gasteiger partial charge in [0, 0.05) is 23.3 Å². The van der Waals surface area contributed by atoms with E-state index < -0.39 is 23.5 Å². The first-order valence-corrected chi connectivity index (χ1v) is 15.4. The second-order valence-corrected chi connectivity index (χ2v) is 12.5. The van der Waals surface area contributed by atoms with E-state index >= 15 is 0 Å². The molecule has 14 heteroatoms. The third-order valence-corrected chi connectivity index (χ3v) is 9.12. The number of hydrogen-bond acceptors (Lipinski definition) is 8. The molecule has 0 amide bonds. The summed E-state index contributed by atoms with van der Waals surface area (Å²) in [4.78, 5) is 8.59. The predicted molar refractivity (Wildman–Crippen MR) is 172 cm³/mol. The van der Waals surface area contributed by atoms with Crippen LogP contribution in [0.4, 0.5) is 26.3 Å². The fourth-order valence-corrected chi connectivity index (χ4v) is 6.73. The van der Waals surface area contributed by atoms with Gasteiger partial charge < -0.3 is 20.4 Å². The Morgan fingerprint density at radius 3 is 1.46 bits per heavy atom. The Morgan fingerprint density at radius 1 is 0.479 bits per heavy atom. The maximum absolute atomic E-state index is 13.3. The Balaban J connectivity index is 0.000000173. The first kappa shape index (κ1) is 32.6. The summed E-state index contributed by atoms with van der Waals surface area (Å²) in [7, 11) is 0. The zero-order valence-corrected chi connectivity index (χ0v) is 25.6. The van der Waals surface area contributed by atoms with Gasteiger partial charge in [0.25, 0.3) is 0 Å². The minimum absolute atomic E-state index is 0.0935. The molecule has 48 heavy (non-hydrogen) atoms. The van der Waals surface area contributed by atoms with E-state index in [0.29, 0.717) is 36.9 Å². The van der Waals surface area contributed by atoms with E-state index in [1.807, 2.05) is 0 Å². The summed E-state index contributed by atoms with van der Waals surface area (Å²) in [5, 5.41) is 39.2. The number of hydrogen-bond donors (Lipinski definition) is 4. The zero-order valence-electron chi connectivity index (χ0n) is 24.0. The van der Waals surface area contributed by atoms with Crippen LogP contribution >= 0.6 is 22.7 Å². The molecular formula is C34H20F6N2O4S2. The lowest BCUT2D eigenvalue weighted by Crippen LogP contribution is -2.06. The normalized spacial score (nSPS) is 11.9. The summed E-state index contributed by atoms with van der Waals surface area (Å²) >= 11 is 2.51. The number of aromatic nitrogens is 2. The van der Waals surface area contributed by atoms with E-state index in [4.69, 9.17) is 0 Å². The third-order valence-electron chi connectivity index (χ3n) is 6.94. The molecule has 0 bridgehead atoms. The quantitative estimate of drug-likeness (QED) is 0.137. The number of thiazole rings is 2. The van der Waals surface area contributed by atoms with Gasteiger partial charge in [0.1, 0.15) is 33.0 Å². The Kier molecular flexibility index (Phi) is 8.39. The van der Waals surface area contributed by atoms with Crippen LogP contribution in [0.25, 0.3) is 52.7 Å². The molecule has 2 aromatic heterocycles.